The molecule has 1 aromatic heterocycles. The van der Waals surface area contributed by atoms with Crippen LogP contribution in [0.25, 0.3) is 0 Å². The third-order valence-electron chi connectivity index (χ3n) is 5.06. The van der Waals surface area contributed by atoms with Gasteiger partial charge < -0.3 is 20.5 Å². The van der Waals surface area contributed by atoms with E-state index >= 15 is 0 Å². The molecule has 0 aliphatic carbocycles. The van der Waals surface area contributed by atoms with Gasteiger partial charge in [0.25, 0.3) is 0 Å². The van der Waals surface area contributed by atoms with Gasteiger partial charge in [-0.1, -0.05) is 42.5 Å². The second-order valence-corrected chi connectivity index (χ2v) is 8.81. The van der Waals surface area contributed by atoms with E-state index in [0.29, 0.717) is 17.9 Å². The molecule has 0 radical (unpaired) electrons. The number of aromatic nitrogens is 1. The molecule has 3 aromatic rings. The topological polar surface area (TPSA) is 70.0 Å². The molecular weight excluding hydrogens is 398 g/mol. The van der Waals surface area contributed by atoms with Crippen molar-refractivity contribution >= 4 is 35.1 Å². The van der Waals surface area contributed by atoms with E-state index in [0.717, 1.165) is 31.5 Å². The lowest BCUT2D eigenvalue weighted by Crippen LogP contribution is -2.24. The molecule has 0 spiro atoms. The first kappa shape index (κ1) is 19.2. The lowest BCUT2D eigenvalue weighted by atomic mass is 9.88. The van der Waals surface area contributed by atoms with Crippen LogP contribution >= 0.6 is 23.6 Å². The van der Waals surface area contributed by atoms with Crippen molar-refractivity contribution in [3.8, 4) is 6.07 Å². The molecule has 2 aromatic carbocycles. The number of nitrogens with one attached hydrogen (secondary N) is 1. The minimum atomic E-state index is -0.226. The van der Waals surface area contributed by atoms with Crippen LogP contribution in [0.1, 0.15) is 21.9 Å². The molecule has 0 saturated heterocycles. The summed E-state index contributed by atoms with van der Waals surface area (Å²) in [6.07, 6.45) is 0. The van der Waals surface area contributed by atoms with Crippen LogP contribution in [0, 0.1) is 15.3 Å². The molecule has 0 fully saturated rings. The van der Waals surface area contributed by atoms with Gasteiger partial charge in [0.05, 0.1) is 29.0 Å². The summed E-state index contributed by atoms with van der Waals surface area (Å²) in [6.45, 7) is 0.653. The molecule has 29 heavy (non-hydrogen) atoms. The average Bonchev–Trinajstić information content (AvgIpc) is 3.02. The number of hydrogen-bond donors (Lipinski definition) is 2. The predicted octanol–water partition coefficient (Wildman–Crippen LogP) is 4.64. The highest BCUT2D eigenvalue weighted by Crippen LogP contribution is 2.44. The van der Waals surface area contributed by atoms with Crippen LogP contribution in [-0.4, -0.2) is 18.7 Å². The molecule has 2 heterocycles. The van der Waals surface area contributed by atoms with Crippen LogP contribution in [0.4, 0.5) is 11.5 Å². The monoisotopic (exact) mass is 419 g/mol. The van der Waals surface area contributed by atoms with E-state index in [2.05, 4.69) is 52.4 Å². The van der Waals surface area contributed by atoms with Gasteiger partial charge in [-0.3, -0.25) is 0 Å². The van der Waals surface area contributed by atoms with Gasteiger partial charge >= 0.3 is 0 Å². The van der Waals surface area contributed by atoms with Crippen molar-refractivity contribution in [3.63, 3.8) is 0 Å². The lowest BCUT2D eigenvalue weighted by Gasteiger charge is -2.26. The number of nitrogens with zero attached hydrogens (tertiary/aromatic N) is 3. The van der Waals surface area contributed by atoms with Crippen LogP contribution < -0.4 is 16.0 Å². The number of hydrogen-bond acceptors (Lipinski definition) is 6. The summed E-state index contributed by atoms with van der Waals surface area (Å²) in [4.78, 5) is 3.07. The van der Waals surface area contributed by atoms with Crippen molar-refractivity contribution in [2.45, 2.75) is 12.5 Å². The number of thiazole rings is 1. The molecule has 1 aliphatic heterocycles. The zero-order chi connectivity index (χ0) is 20.5. The van der Waals surface area contributed by atoms with Crippen LogP contribution in [0.2, 0.25) is 0 Å². The van der Waals surface area contributed by atoms with E-state index in [4.69, 9.17) is 18.0 Å². The standard InChI is InChI=1S/C22H21N5S2/c1-26(2)16-10-8-15(9-11-16)18-17(12-23)20(24)25-21-19(18)29-22(28)27(21)13-14-6-4-3-5-7-14/h3-11,18,25H,13,24H2,1-2H3. The first-order chi connectivity index (χ1) is 14.0. The fourth-order valence-electron chi connectivity index (χ4n) is 3.55. The van der Waals surface area contributed by atoms with E-state index in [1.165, 1.54) is 11.3 Å². The Kier molecular flexibility index (Phi) is 5.14. The SMILES string of the molecule is CN(C)c1ccc(C2C(C#N)=C(N)Nc3c2sc(=S)n3Cc2ccccc2)cc1. The summed E-state index contributed by atoms with van der Waals surface area (Å²) < 4.78 is 2.82. The van der Waals surface area contributed by atoms with Crippen molar-refractivity contribution < 1.29 is 0 Å². The maximum atomic E-state index is 9.81. The Morgan fingerprint density at radius 3 is 2.48 bits per heavy atom. The fourth-order valence-corrected chi connectivity index (χ4v) is 5.05. The Morgan fingerprint density at radius 1 is 1.17 bits per heavy atom. The largest absolute Gasteiger partial charge is 0.384 e. The van der Waals surface area contributed by atoms with Gasteiger partial charge in [0.1, 0.15) is 11.6 Å². The van der Waals surface area contributed by atoms with Gasteiger partial charge in [-0.05, 0) is 35.5 Å². The number of rotatable bonds is 4. The highest BCUT2D eigenvalue weighted by Gasteiger charge is 2.32. The highest BCUT2D eigenvalue weighted by atomic mass is 32.1. The zero-order valence-corrected chi connectivity index (χ0v) is 17.8. The molecule has 0 saturated carbocycles. The van der Waals surface area contributed by atoms with E-state index in [9.17, 15) is 5.26 Å². The van der Waals surface area contributed by atoms with Crippen molar-refractivity contribution in [1.82, 2.24) is 4.57 Å². The maximum absolute atomic E-state index is 9.81. The second kappa shape index (κ2) is 7.74. The third-order valence-corrected chi connectivity index (χ3v) is 6.58. The van der Waals surface area contributed by atoms with Crippen molar-refractivity contribution in [3.05, 3.63) is 85.9 Å². The Bertz CT molecular complexity index is 1160. The summed E-state index contributed by atoms with van der Waals surface area (Å²) >= 11 is 7.22. The number of fused-ring (bicyclic) bond motifs is 1. The van der Waals surface area contributed by atoms with Gasteiger partial charge in [-0.25, -0.2) is 0 Å². The molecule has 1 unspecified atom stereocenters. The quantitative estimate of drug-likeness (QED) is 0.603. The lowest BCUT2D eigenvalue weighted by molar-refractivity contribution is 0.789. The van der Waals surface area contributed by atoms with E-state index in [1.54, 1.807) is 0 Å². The van der Waals surface area contributed by atoms with Gasteiger partial charge in [0, 0.05) is 19.8 Å². The highest BCUT2D eigenvalue weighted by molar-refractivity contribution is 7.73. The van der Waals surface area contributed by atoms with Crippen molar-refractivity contribution in [1.29, 1.82) is 5.26 Å². The van der Waals surface area contributed by atoms with Crippen LogP contribution in [0.3, 0.4) is 0 Å². The molecule has 1 aliphatic rings. The number of benzene rings is 2. The van der Waals surface area contributed by atoms with Crippen LogP contribution in [0.5, 0.6) is 0 Å². The summed E-state index contributed by atoms with van der Waals surface area (Å²) in [5.41, 5.74) is 10.1. The maximum Gasteiger partial charge on any atom is 0.163 e. The second-order valence-electron chi connectivity index (χ2n) is 7.14. The predicted molar refractivity (Wildman–Crippen MR) is 122 cm³/mol. The summed E-state index contributed by atoms with van der Waals surface area (Å²) in [6, 6.07) is 20.7. The molecule has 5 nitrogen and oxygen atoms in total. The number of allylic oxidation sites excluding steroid dienone is 1. The Labute approximate surface area is 179 Å². The summed E-state index contributed by atoms with van der Waals surface area (Å²) in [7, 11) is 4.01. The first-order valence-corrected chi connectivity index (χ1v) is 10.4. The zero-order valence-electron chi connectivity index (χ0n) is 16.2. The Balaban J connectivity index is 1.82. The minimum absolute atomic E-state index is 0.226. The molecule has 146 valence electrons. The molecule has 1 atom stereocenters. The molecule has 0 bridgehead atoms. The average molecular weight is 420 g/mol. The molecule has 3 N–H and O–H groups in total. The number of nitrogens with two attached hydrogens (primary N) is 1. The molecular formula is C22H21N5S2. The first-order valence-electron chi connectivity index (χ1n) is 9.21. The summed E-state index contributed by atoms with van der Waals surface area (Å²) in [5.74, 6) is 1.04. The minimum Gasteiger partial charge on any atom is -0.384 e. The third kappa shape index (κ3) is 3.53. The van der Waals surface area contributed by atoms with E-state index < -0.39 is 0 Å². The number of nitriles is 1. The van der Waals surface area contributed by atoms with Crippen LogP contribution in [-0.2, 0) is 6.54 Å². The normalized spacial score (nSPS) is 15.4. The van der Waals surface area contributed by atoms with Gasteiger partial charge in [0.2, 0.25) is 0 Å². The molecule has 7 heteroatoms. The Morgan fingerprint density at radius 2 is 1.86 bits per heavy atom. The van der Waals surface area contributed by atoms with Crippen molar-refractivity contribution in [2.24, 2.45) is 5.73 Å². The molecule has 4 rings (SSSR count). The van der Waals surface area contributed by atoms with Crippen molar-refractivity contribution in [2.75, 3.05) is 24.3 Å². The summed E-state index contributed by atoms with van der Waals surface area (Å²) in [5, 5.41) is 13.0. The van der Waals surface area contributed by atoms with Gasteiger partial charge in [-0.15, -0.1) is 11.3 Å². The Hall–Kier alpha value is -3.08. The smallest absolute Gasteiger partial charge is 0.163 e. The number of anilines is 2. The van der Waals surface area contributed by atoms with Gasteiger partial charge in [0.15, 0.2) is 3.95 Å². The van der Waals surface area contributed by atoms with Gasteiger partial charge in [-0.2, -0.15) is 5.26 Å². The van der Waals surface area contributed by atoms with Crippen LogP contribution in [0.15, 0.2) is 66.0 Å². The van der Waals surface area contributed by atoms with E-state index in [1.807, 2.05) is 37.2 Å². The molecule has 0 amide bonds. The fraction of sp³-hybridized carbons (Fsp3) is 0.182. The van der Waals surface area contributed by atoms with E-state index in [-0.39, 0.29) is 5.92 Å².